The molecule has 0 spiro atoms. The van der Waals surface area contributed by atoms with Gasteiger partial charge >= 0.3 is 0 Å². The van der Waals surface area contributed by atoms with Crippen molar-refractivity contribution in [1.82, 2.24) is 9.88 Å². The number of pyridine rings is 1. The molecule has 0 unspecified atom stereocenters. The SMILES string of the molecule is Cc1cc(Cl)cc2c(C#N)c3c(nc12)CCN(C)C3. The van der Waals surface area contributed by atoms with E-state index < -0.39 is 0 Å². The van der Waals surface area contributed by atoms with E-state index in [0.29, 0.717) is 5.02 Å². The van der Waals surface area contributed by atoms with Crippen molar-refractivity contribution in [1.29, 1.82) is 5.26 Å². The molecule has 1 aromatic carbocycles. The first-order valence-corrected chi connectivity index (χ1v) is 6.68. The second kappa shape index (κ2) is 4.48. The Morgan fingerprint density at radius 3 is 2.95 bits per heavy atom. The van der Waals surface area contributed by atoms with Crippen molar-refractivity contribution < 1.29 is 0 Å². The number of likely N-dealkylation sites (N-methyl/N-ethyl adjacent to an activating group) is 1. The van der Waals surface area contributed by atoms with Crippen molar-refractivity contribution in [2.24, 2.45) is 0 Å². The van der Waals surface area contributed by atoms with E-state index in [9.17, 15) is 5.26 Å². The summed E-state index contributed by atoms with van der Waals surface area (Å²) in [6.07, 6.45) is 0.901. The van der Waals surface area contributed by atoms with Gasteiger partial charge in [-0.25, -0.2) is 0 Å². The Morgan fingerprint density at radius 1 is 1.42 bits per heavy atom. The van der Waals surface area contributed by atoms with Crippen molar-refractivity contribution >= 4 is 22.5 Å². The molecule has 3 rings (SSSR count). The molecular weight excluding hydrogens is 258 g/mol. The maximum Gasteiger partial charge on any atom is 0.100 e. The number of nitrogens with zero attached hydrogens (tertiary/aromatic N) is 3. The smallest absolute Gasteiger partial charge is 0.100 e. The van der Waals surface area contributed by atoms with Gasteiger partial charge in [0.2, 0.25) is 0 Å². The molecule has 0 atom stereocenters. The fourth-order valence-corrected chi connectivity index (χ4v) is 3.01. The summed E-state index contributed by atoms with van der Waals surface area (Å²) in [7, 11) is 2.07. The first-order valence-electron chi connectivity index (χ1n) is 6.30. The predicted molar refractivity (Wildman–Crippen MR) is 76.2 cm³/mol. The summed E-state index contributed by atoms with van der Waals surface area (Å²) in [5.41, 5.74) is 4.79. The molecule has 1 aromatic heterocycles. The molecule has 96 valence electrons. The molecule has 1 aliphatic heterocycles. The van der Waals surface area contributed by atoms with Crippen LogP contribution in [0.4, 0.5) is 0 Å². The quantitative estimate of drug-likeness (QED) is 0.739. The lowest BCUT2D eigenvalue weighted by Gasteiger charge is -2.25. The van der Waals surface area contributed by atoms with Crippen molar-refractivity contribution in [2.75, 3.05) is 13.6 Å². The third kappa shape index (κ3) is 1.98. The molecule has 3 nitrogen and oxygen atoms in total. The molecule has 0 bridgehead atoms. The molecule has 0 aliphatic carbocycles. The molecule has 0 N–H and O–H groups in total. The highest BCUT2D eigenvalue weighted by Crippen LogP contribution is 2.30. The van der Waals surface area contributed by atoms with Crippen molar-refractivity contribution in [3.05, 3.63) is 39.5 Å². The van der Waals surface area contributed by atoms with Gasteiger partial charge in [0, 0.05) is 41.2 Å². The maximum absolute atomic E-state index is 9.52. The van der Waals surface area contributed by atoms with Crippen LogP contribution in [0.2, 0.25) is 5.02 Å². The van der Waals surface area contributed by atoms with Crippen LogP contribution in [-0.4, -0.2) is 23.5 Å². The molecule has 2 aromatic rings. The number of aryl methyl sites for hydroxylation is 1. The number of fused-ring (bicyclic) bond motifs is 2. The van der Waals surface area contributed by atoms with E-state index >= 15 is 0 Å². The number of aromatic nitrogens is 1. The van der Waals surface area contributed by atoms with Crippen LogP contribution in [0.25, 0.3) is 10.9 Å². The van der Waals surface area contributed by atoms with Crippen LogP contribution in [0, 0.1) is 18.3 Å². The topological polar surface area (TPSA) is 39.9 Å². The standard InChI is InChI=1S/C15H14ClN3/c1-9-5-10(16)6-11-12(7-17)13-8-19(2)4-3-14(13)18-15(9)11/h5-6H,3-4,8H2,1-2H3. The molecule has 2 heterocycles. The lowest BCUT2D eigenvalue weighted by atomic mass is 9.95. The Balaban J connectivity index is 2.40. The van der Waals surface area contributed by atoms with Crippen molar-refractivity contribution in [3.8, 4) is 6.07 Å². The van der Waals surface area contributed by atoms with Gasteiger partial charge in [-0.15, -0.1) is 0 Å². The van der Waals surface area contributed by atoms with E-state index in [2.05, 4.69) is 18.0 Å². The third-order valence-electron chi connectivity index (χ3n) is 3.70. The van der Waals surface area contributed by atoms with Gasteiger partial charge in [-0.2, -0.15) is 5.26 Å². The first kappa shape index (κ1) is 12.4. The molecule has 0 radical (unpaired) electrons. The highest BCUT2D eigenvalue weighted by atomic mass is 35.5. The molecule has 1 aliphatic rings. The van der Waals surface area contributed by atoms with Gasteiger partial charge < -0.3 is 4.90 Å². The van der Waals surface area contributed by atoms with Crippen molar-refractivity contribution in [3.63, 3.8) is 0 Å². The number of nitriles is 1. The fourth-order valence-electron chi connectivity index (χ4n) is 2.73. The Hall–Kier alpha value is -1.63. The minimum Gasteiger partial charge on any atom is -0.302 e. The highest BCUT2D eigenvalue weighted by molar-refractivity contribution is 6.31. The normalized spacial score (nSPS) is 15.3. The van der Waals surface area contributed by atoms with Gasteiger partial charge in [-0.05, 0) is 31.7 Å². The van der Waals surface area contributed by atoms with Crippen LogP contribution >= 0.6 is 11.6 Å². The highest BCUT2D eigenvalue weighted by Gasteiger charge is 2.21. The summed E-state index contributed by atoms with van der Waals surface area (Å²) >= 11 is 6.12. The van der Waals surface area contributed by atoms with E-state index in [4.69, 9.17) is 16.6 Å². The summed E-state index contributed by atoms with van der Waals surface area (Å²) in [6.45, 7) is 3.76. The number of rotatable bonds is 0. The van der Waals surface area contributed by atoms with Gasteiger partial charge in [-0.3, -0.25) is 4.98 Å². The molecule has 19 heavy (non-hydrogen) atoms. The number of halogens is 1. The third-order valence-corrected chi connectivity index (χ3v) is 3.92. The molecular formula is C15H14ClN3. The van der Waals surface area contributed by atoms with E-state index in [0.717, 1.165) is 52.8 Å². The van der Waals surface area contributed by atoms with Crippen LogP contribution in [0.15, 0.2) is 12.1 Å². The molecule has 0 saturated carbocycles. The van der Waals surface area contributed by atoms with E-state index in [1.165, 1.54) is 0 Å². The first-order chi connectivity index (χ1) is 9.10. The summed E-state index contributed by atoms with van der Waals surface area (Å²) in [5, 5.41) is 11.1. The van der Waals surface area contributed by atoms with Gasteiger partial charge in [0.15, 0.2) is 0 Å². The molecule has 0 amide bonds. The zero-order valence-corrected chi connectivity index (χ0v) is 11.8. The zero-order chi connectivity index (χ0) is 13.6. The fraction of sp³-hybridized carbons (Fsp3) is 0.333. The molecule has 0 fully saturated rings. The number of hydrogen-bond acceptors (Lipinski definition) is 3. The zero-order valence-electron chi connectivity index (χ0n) is 11.0. The van der Waals surface area contributed by atoms with Gasteiger partial charge in [-0.1, -0.05) is 11.6 Å². The lowest BCUT2D eigenvalue weighted by molar-refractivity contribution is 0.310. The average molecular weight is 272 g/mol. The van der Waals surface area contributed by atoms with E-state index in [1.54, 1.807) is 0 Å². The molecule has 4 heteroatoms. The summed E-state index contributed by atoms with van der Waals surface area (Å²) in [5.74, 6) is 0. The average Bonchev–Trinajstić information content (AvgIpc) is 2.36. The van der Waals surface area contributed by atoms with Crippen LogP contribution in [-0.2, 0) is 13.0 Å². The minimum absolute atomic E-state index is 0.660. The maximum atomic E-state index is 9.52. The van der Waals surface area contributed by atoms with Crippen LogP contribution in [0.3, 0.4) is 0 Å². The van der Waals surface area contributed by atoms with E-state index in [1.807, 2.05) is 19.1 Å². The Morgan fingerprint density at radius 2 is 2.21 bits per heavy atom. The summed E-state index contributed by atoms with van der Waals surface area (Å²) < 4.78 is 0. The van der Waals surface area contributed by atoms with Crippen LogP contribution in [0.1, 0.15) is 22.4 Å². The largest absolute Gasteiger partial charge is 0.302 e. The number of benzene rings is 1. The van der Waals surface area contributed by atoms with Crippen molar-refractivity contribution in [2.45, 2.75) is 19.9 Å². The Kier molecular flexibility index (Phi) is 2.93. The minimum atomic E-state index is 0.660. The predicted octanol–water partition coefficient (Wildman–Crippen LogP) is 3.06. The van der Waals surface area contributed by atoms with Crippen LogP contribution in [0.5, 0.6) is 0 Å². The number of hydrogen-bond donors (Lipinski definition) is 0. The monoisotopic (exact) mass is 271 g/mol. The summed E-state index contributed by atoms with van der Waals surface area (Å²) in [4.78, 5) is 6.98. The second-order valence-corrected chi connectivity index (χ2v) is 5.57. The van der Waals surface area contributed by atoms with Crippen LogP contribution < -0.4 is 0 Å². The van der Waals surface area contributed by atoms with E-state index in [-0.39, 0.29) is 0 Å². The van der Waals surface area contributed by atoms with Gasteiger partial charge in [0.05, 0.1) is 11.1 Å². The Bertz CT molecular complexity index is 716. The second-order valence-electron chi connectivity index (χ2n) is 5.13. The summed E-state index contributed by atoms with van der Waals surface area (Å²) in [6, 6.07) is 6.10. The Labute approximate surface area is 117 Å². The molecule has 0 saturated heterocycles. The van der Waals surface area contributed by atoms with Gasteiger partial charge in [0.25, 0.3) is 0 Å². The lowest BCUT2D eigenvalue weighted by Crippen LogP contribution is -2.28. The van der Waals surface area contributed by atoms with Gasteiger partial charge in [0.1, 0.15) is 6.07 Å².